The summed E-state index contributed by atoms with van der Waals surface area (Å²) in [4.78, 5) is 16.3. The van der Waals surface area contributed by atoms with Gasteiger partial charge >= 0.3 is 0 Å². The van der Waals surface area contributed by atoms with E-state index in [9.17, 15) is 9.18 Å². The molecular formula is C18H19FN4O2. The van der Waals surface area contributed by atoms with Crippen LogP contribution in [0.2, 0.25) is 0 Å². The lowest BCUT2D eigenvalue weighted by atomic mass is 10.2. The molecular weight excluding hydrogens is 323 g/mol. The summed E-state index contributed by atoms with van der Waals surface area (Å²) in [5.41, 5.74) is 3.17. The zero-order valence-corrected chi connectivity index (χ0v) is 14.3. The maximum Gasteiger partial charge on any atom is 0.224 e. The molecule has 0 aliphatic heterocycles. The summed E-state index contributed by atoms with van der Waals surface area (Å²) in [6.45, 7) is 3.75. The maximum absolute atomic E-state index is 13.0. The average Bonchev–Trinajstić information content (AvgIpc) is 3.14. The molecule has 0 saturated carbocycles. The first kappa shape index (κ1) is 16.9. The van der Waals surface area contributed by atoms with Crippen molar-refractivity contribution in [2.45, 2.75) is 26.7 Å². The van der Waals surface area contributed by atoms with E-state index >= 15 is 0 Å². The average molecular weight is 342 g/mol. The summed E-state index contributed by atoms with van der Waals surface area (Å²) < 4.78 is 20.3. The Bertz CT molecular complexity index is 896. The van der Waals surface area contributed by atoms with Crippen molar-refractivity contribution in [1.29, 1.82) is 0 Å². The molecule has 130 valence electrons. The Balaban J connectivity index is 1.60. The van der Waals surface area contributed by atoms with Crippen LogP contribution < -0.4 is 5.32 Å². The van der Waals surface area contributed by atoms with E-state index in [4.69, 9.17) is 4.42 Å². The molecule has 2 aromatic heterocycles. The van der Waals surface area contributed by atoms with E-state index in [2.05, 4.69) is 15.4 Å². The highest BCUT2D eigenvalue weighted by molar-refractivity contribution is 5.91. The number of benzene rings is 1. The van der Waals surface area contributed by atoms with Gasteiger partial charge in [0.1, 0.15) is 5.82 Å². The predicted octanol–water partition coefficient (Wildman–Crippen LogP) is 3.40. The molecule has 0 bridgehead atoms. The van der Waals surface area contributed by atoms with Gasteiger partial charge in [0.15, 0.2) is 11.7 Å². The van der Waals surface area contributed by atoms with Crippen LogP contribution in [0.4, 0.5) is 10.1 Å². The molecule has 25 heavy (non-hydrogen) atoms. The number of nitrogens with zero attached hydrogens (tertiary/aromatic N) is 3. The molecule has 1 amide bonds. The molecule has 2 heterocycles. The van der Waals surface area contributed by atoms with Crippen LogP contribution in [0, 0.1) is 19.7 Å². The van der Waals surface area contributed by atoms with Crippen LogP contribution in [0.15, 0.2) is 34.9 Å². The van der Waals surface area contributed by atoms with Crippen molar-refractivity contribution in [3.8, 4) is 11.3 Å². The number of aromatic nitrogens is 3. The van der Waals surface area contributed by atoms with Crippen LogP contribution in [0.3, 0.4) is 0 Å². The Kier molecular flexibility index (Phi) is 4.65. The molecule has 1 N–H and O–H groups in total. The lowest BCUT2D eigenvalue weighted by molar-refractivity contribution is -0.116. The second-order valence-corrected chi connectivity index (χ2v) is 5.84. The van der Waals surface area contributed by atoms with Crippen molar-refractivity contribution in [2.75, 3.05) is 5.32 Å². The molecule has 7 heteroatoms. The van der Waals surface area contributed by atoms with E-state index in [0.717, 1.165) is 22.6 Å². The number of oxazole rings is 1. The summed E-state index contributed by atoms with van der Waals surface area (Å²) >= 11 is 0. The van der Waals surface area contributed by atoms with Gasteiger partial charge in [-0.25, -0.2) is 9.37 Å². The number of hydrogen-bond acceptors (Lipinski definition) is 4. The van der Waals surface area contributed by atoms with Crippen LogP contribution in [0.25, 0.3) is 11.3 Å². The zero-order valence-electron chi connectivity index (χ0n) is 14.3. The molecule has 0 fully saturated rings. The standard InChI is InChI=1S/C18H19FN4O2/c1-11-18(12(2)23(3)22-11)21-16(24)8-9-17-20-10-15(25-17)13-4-6-14(19)7-5-13/h4-7,10H,8-9H2,1-3H3,(H,21,24). The highest BCUT2D eigenvalue weighted by atomic mass is 19.1. The summed E-state index contributed by atoms with van der Waals surface area (Å²) in [7, 11) is 1.84. The molecule has 0 spiro atoms. The van der Waals surface area contributed by atoms with Crippen molar-refractivity contribution in [2.24, 2.45) is 7.05 Å². The van der Waals surface area contributed by atoms with Crippen molar-refractivity contribution in [3.63, 3.8) is 0 Å². The van der Waals surface area contributed by atoms with E-state index in [0.29, 0.717) is 18.1 Å². The number of nitrogens with one attached hydrogen (secondary N) is 1. The largest absolute Gasteiger partial charge is 0.441 e. The zero-order chi connectivity index (χ0) is 18.0. The fraction of sp³-hybridized carbons (Fsp3) is 0.278. The first-order valence-corrected chi connectivity index (χ1v) is 7.94. The number of halogens is 1. The lowest BCUT2D eigenvalue weighted by Crippen LogP contribution is -2.13. The predicted molar refractivity (Wildman–Crippen MR) is 91.5 cm³/mol. The molecule has 0 aliphatic rings. The topological polar surface area (TPSA) is 73.0 Å². The van der Waals surface area contributed by atoms with Crippen molar-refractivity contribution in [1.82, 2.24) is 14.8 Å². The van der Waals surface area contributed by atoms with Crippen LogP contribution >= 0.6 is 0 Å². The summed E-state index contributed by atoms with van der Waals surface area (Å²) in [5.74, 6) is 0.588. The molecule has 0 radical (unpaired) electrons. The van der Waals surface area contributed by atoms with Crippen LogP contribution in [-0.2, 0) is 18.3 Å². The summed E-state index contributed by atoms with van der Waals surface area (Å²) in [6, 6.07) is 5.98. The van der Waals surface area contributed by atoms with E-state index in [1.807, 2.05) is 20.9 Å². The van der Waals surface area contributed by atoms with Gasteiger partial charge in [-0.2, -0.15) is 5.10 Å². The van der Waals surface area contributed by atoms with Gasteiger partial charge in [0.25, 0.3) is 0 Å². The van der Waals surface area contributed by atoms with Crippen molar-refractivity contribution < 1.29 is 13.6 Å². The summed E-state index contributed by atoms with van der Waals surface area (Å²) in [6.07, 6.45) is 2.21. The first-order chi connectivity index (χ1) is 11.9. The maximum atomic E-state index is 13.0. The number of hydrogen-bond donors (Lipinski definition) is 1. The molecule has 1 aromatic carbocycles. The molecule has 3 aromatic rings. The van der Waals surface area contributed by atoms with E-state index in [1.54, 1.807) is 23.0 Å². The van der Waals surface area contributed by atoms with Crippen LogP contribution in [0.5, 0.6) is 0 Å². The quantitative estimate of drug-likeness (QED) is 0.771. The van der Waals surface area contributed by atoms with Gasteiger partial charge in [0, 0.05) is 25.5 Å². The van der Waals surface area contributed by atoms with Gasteiger partial charge in [-0.1, -0.05) is 0 Å². The molecule has 0 aliphatic carbocycles. The number of aryl methyl sites for hydroxylation is 3. The number of carbonyl (C=O) groups excluding carboxylic acids is 1. The lowest BCUT2D eigenvalue weighted by Gasteiger charge is -2.04. The minimum Gasteiger partial charge on any atom is -0.441 e. The summed E-state index contributed by atoms with van der Waals surface area (Å²) in [5, 5.41) is 7.15. The van der Waals surface area contributed by atoms with Gasteiger partial charge < -0.3 is 9.73 Å². The molecule has 6 nitrogen and oxygen atoms in total. The second kappa shape index (κ2) is 6.88. The van der Waals surface area contributed by atoms with Gasteiger partial charge in [0.2, 0.25) is 5.91 Å². The number of amides is 1. The Hall–Kier alpha value is -2.96. The number of carbonyl (C=O) groups is 1. The Labute approximate surface area is 144 Å². The Morgan fingerprint density at radius 3 is 2.64 bits per heavy atom. The van der Waals surface area contributed by atoms with Gasteiger partial charge in [-0.3, -0.25) is 9.48 Å². The minimum atomic E-state index is -0.304. The first-order valence-electron chi connectivity index (χ1n) is 7.94. The number of anilines is 1. The van der Waals surface area contributed by atoms with Crippen LogP contribution in [-0.4, -0.2) is 20.7 Å². The van der Waals surface area contributed by atoms with Crippen molar-refractivity contribution >= 4 is 11.6 Å². The second-order valence-electron chi connectivity index (χ2n) is 5.84. The van der Waals surface area contributed by atoms with Gasteiger partial charge in [-0.05, 0) is 38.1 Å². The third kappa shape index (κ3) is 3.76. The third-order valence-corrected chi connectivity index (χ3v) is 4.02. The van der Waals surface area contributed by atoms with E-state index < -0.39 is 0 Å². The number of rotatable bonds is 5. The SMILES string of the molecule is Cc1nn(C)c(C)c1NC(=O)CCc1ncc(-c2ccc(F)cc2)o1. The molecule has 0 saturated heterocycles. The van der Waals surface area contributed by atoms with Gasteiger partial charge in [-0.15, -0.1) is 0 Å². The van der Waals surface area contributed by atoms with Crippen LogP contribution in [0.1, 0.15) is 23.7 Å². The fourth-order valence-electron chi connectivity index (χ4n) is 2.55. The Morgan fingerprint density at radius 2 is 2.00 bits per heavy atom. The van der Waals surface area contributed by atoms with Gasteiger partial charge in [0.05, 0.1) is 23.3 Å². The fourth-order valence-corrected chi connectivity index (χ4v) is 2.55. The van der Waals surface area contributed by atoms with E-state index in [-0.39, 0.29) is 18.1 Å². The Morgan fingerprint density at radius 1 is 1.28 bits per heavy atom. The monoisotopic (exact) mass is 342 g/mol. The molecule has 3 rings (SSSR count). The molecule has 0 atom stereocenters. The van der Waals surface area contributed by atoms with Crippen molar-refractivity contribution in [3.05, 3.63) is 53.6 Å². The minimum absolute atomic E-state index is 0.124. The smallest absolute Gasteiger partial charge is 0.224 e. The van der Waals surface area contributed by atoms with E-state index in [1.165, 1.54) is 12.1 Å². The molecule has 0 unspecified atom stereocenters. The third-order valence-electron chi connectivity index (χ3n) is 4.02. The highest BCUT2D eigenvalue weighted by Crippen LogP contribution is 2.22. The normalized spacial score (nSPS) is 10.9. The highest BCUT2D eigenvalue weighted by Gasteiger charge is 2.14.